The summed E-state index contributed by atoms with van der Waals surface area (Å²) in [6.45, 7) is 8.46. The molecule has 1 aromatic carbocycles. The maximum absolute atomic E-state index is 5.77. The molecular weight excluding hydrogens is 238 g/mol. The zero-order valence-electron chi connectivity index (χ0n) is 11.8. The van der Waals surface area contributed by atoms with E-state index in [9.17, 15) is 0 Å². The third-order valence-electron chi connectivity index (χ3n) is 3.11. The number of H-pyrrole nitrogens is 1. The number of nitrogens with zero attached hydrogens (tertiary/aromatic N) is 1. The van der Waals surface area contributed by atoms with Crippen molar-refractivity contribution in [2.45, 2.75) is 33.9 Å². The van der Waals surface area contributed by atoms with Crippen molar-refractivity contribution in [1.82, 2.24) is 15.5 Å². The molecule has 4 nitrogen and oxygen atoms in total. The number of hydrogen-bond donors (Lipinski definition) is 2. The van der Waals surface area contributed by atoms with Gasteiger partial charge in [0.1, 0.15) is 18.1 Å². The van der Waals surface area contributed by atoms with E-state index in [4.69, 9.17) is 4.74 Å². The lowest BCUT2D eigenvalue weighted by Crippen LogP contribution is -2.14. The lowest BCUT2D eigenvalue weighted by atomic mass is 10.2. The lowest BCUT2D eigenvalue weighted by Gasteiger charge is -2.07. The summed E-state index contributed by atoms with van der Waals surface area (Å²) in [5, 5.41) is 10.7. The fourth-order valence-electron chi connectivity index (χ4n) is 1.89. The second-order valence-corrected chi connectivity index (χ2v) is 4.66. The molecule has 2 rings (SSSR count). The zero-order valence-corrected chi connectivity index (χ0v) is 11.8. The SMILES string of the molecule is CCNCc1c(COc2ccc(C)cc2)n[nH]c1C. The molecule has 0 aliphatic carbocycles. The first-order valence-corrected chi connectivity index (χ1v) is 6.63. The van der Waals surface area contributed by atoms with E-state index in [1.165, 1.54) is 11.1 Å². The van der Waals surface area contributed by atoms with E-state index >= 15 is 0 Å². The van der Waals surface area contributed by atoms with Gasteiger partial charge in [0.25, 0.3) is 0 Å². The number of aryl methyl sites for hydroxylation is 2. The van der Waals surface area contributed by atoms with E-state index < -0.39 is 0 Å². The Morgan fingerprint density at radius 2 is 1.95 bits per heavy atom. The van der Waals surface area contributed by atoms with Crippen molar-refractivity contribution in [2.75, 3.05) is 6.54 Å². The normalized spacial score (nSPS) is 10.7. The minimum Gasteiger partial charge on any atom is -0.487 e. The Kier molecular flexibility index (Phi) is 4.58. The molecule has 0 atom stereocenters. The van der Waals surface area contributed by atoms with Crippen LogP contribution in [0.4, 0.5) is 0 Å². The minimum absolute atomic E-state index is 0.494. The first kappa shape index (κ1) is 13.6. The van der Waals surface area contributed by atoms with Crippen LogP contribution >= 0.6 is 0 Å². The molecule has 2 N–H and O–H groups in total. The van der Waals surface area contributed by atoms with Gasteiger partial charge >= 0.3 is 0 Å². The largest absolute Gasteiger partial charge is 0.487 e. The number of rotatable bonds is 6. The van der Waals surface area contributed by atoms with E-state index in [1.807, 2.05) is 31.2 Å². The summed E-state index contributed by atoms with van der Waals surface area (Å²) >= 11 is 0. The Bertz CT molecular complexity index is 517. The summed E-state index contributed by atoms with van der Waals surface area (Å²) in [5.74, 6) is 0.876. The van der Waals surface area contributed by atoms with Crippen LogP contribution in [0.25, 0.3) is 0 Å². The highest BCUT2D eigenvalue weighted by Gasteiger charge is 2.10. The molecule has 0 saturated heterocycles. The van der Waals surface area contributed by atoms with Crippen LogP contribution in [0, 0.1) is 13.8 Å². The standard InChI is InChI=1S/C15H21N3O/c1-4-16-9-14-12(3)17-18-15(14)10-19-13-7-5-11(2)6-8-13/h5-8,16H,4,9-10H2,1-3H3,(H,17,18). The molecule has 2 aromatic rings. The Morgan fingerprint density at radius 1 is 1.21 bits per heavy atom. The van der Waals surface area contributed by atoms with Crippen molar-refractivity contribution in [3.8, 4) is 5.75 Å². The maximum Gasteiger partial charge on any atom is 0.132 e. The van der Waals surface area contributed by atoms with Crippen LogP contribution in [-0.4, -0.2) is 16.7 Å². The van der Waals surface area contributed by atoms with Gasteiger partial charge in [0.05, 0.1) is 0 Å². The molecule has 0 fully saturated rings. The van der Waals surface area contributed by atoms with Gasteiger partial charge in [0, 0.05) is 17.8 Å². The second-order valence-electron chi connectivity index (χ2n) is 4.66. The Labute approximate surface area is 114 Å². The predicted molar refractivity (Wildman–Crippen MR) is 76.2 cm³/mol. The Balaban J connectivity index is 2.00. The van der Waals surface area contributed by atoms with Crippen molar-refractivity contribution in [2.24, 2.45) is 0 Å². The molecule has 102 valence electrons. The third-order valence-corrected chi connectivity index (χ3v) is 3.11. The molecule has 0 spiro atoms. The van der Waals surface area contributed by atoms with Crippen LogP contribution < -0.4 is 10.1 Å². The van der Waals surface area contributed by atoms with Gasteiger partial charge in [-0.1, -0.05) is 24.6 Å². The number of aromatic amines is 1. The molecule has 0 aliphatic rings. The second kappa shape index (κ2) is 6.38. The molecule has 0 amide bonds. The Morgan fingerprint density at radius 3 is 2.63 bits per heavy atom. The van der Waals surface area contributed by atoms with Gasteiger partial charge in [0.15, 0.2) is 0 Å². The van der Waals surface area contributed by atoms with Crippen LogP contribution in [0.2, 0.25) is 0 Å². The van der Waals surface area contributed by atoms with Gasteiger partial charge < -0.3 is 10.1 Å². The lowest BCUT2D eigenvalue weighted by molar-refractivity contribution is 0.299. The summed E-state index contributed by atoms with van der Waals surface area (Å²) in [5.41, 5.74) is 4.51. The van der Waals surface area contributed by atoms with Gasteiger partial charge in [-0.2, -0.15) is 5.10 Å². The Hall–Kier alpha value is -1.81. The quantitative estimate of drug-likeness (QED) is 0.838. The van der Waals surface area contributed by atoms with Crippen molar-refractivity contribution in [1.29, 1.82) is 0 Å². The molecule has 19 heavy (non-hydrogen) atoms. The average molecular weight is 259 g/mol. The molecular formula is C15H21N3O. The average Bonchev–Trinajstić information content (AvgIpc) is 2.76. The van der Waals surface area contributed by atoms with Gasteiger partial charge in [-0.05, 0) is 32.5 Å². The number of ether oxygens (including phenoxy) is 1. The van der Waals surface area contributed by atoms with E-state index in [0.717, 1.165) is 30.2 Å². The monoisotopic (exact) mass is 259 g/mol. The molecule has 0 aliphatic heterocycles. The highest BCUT2D eigenvalue weighted by atomic mass is 16.5. The molecule has 0 bridgehead atoms. The van der Waals surface area contributed by atoms with Crippen LogP contribution in [-0.2, 0) is 13.2 Å². The summed E-state index contributed by atoms with van der Waals surface area (Å²) in [4.78, 5) is 0. The predicted octanol–water partition coefficient (Wildman–Crippen LogP) is 2.72. The number of aromatic nitrogens is 2. The minimum atomic E-state index is 0.494. The maximum atomic E-state index is 5.77. The number of hydrogen-bond acceptors (Lipinski definition) is 3. The number of benzene rings is 1. The van der Waals surface area contributed by atoms with Gasteiger partial charge in [-0.3, -0.25) is 5.10 Å². The van der Waals surface area contributed by atoms with Crippen molar-refractivity contribution in [3.63, 3.8) is 0 Å². The summed E-state index contributed by atoms with van der Waals surface area (Å²) in [6.07, 6.45) is 0. The topological polar surface area (TPSA) is 49.9 Å². The molecule has 1 heterocycles. The van der Waals surface area contributed by atoms with Crippen LogP contribution in [0.5, 0.6) is 5.75 Å². The van der Waals surface area contributed by atoms with E-state index in [2.05, 4.69) is 29.4 Å². The van der Waals surface area contributed by atoms with Crippen LogP contribution in [0.1, 0.15) is 29.4 Å². The van der Waals surface area contributed by atoms with Crippen molar-refractivity contribution >= 4 is 0 Å². The van der Waals surface area contributed by atoms with E-state index in [1.54, 1.807) is 0 Å². The summed E-state index contributed by atoms with van der Waals surface area (Å²) in [7, 11) is 0. The summed E-state index contributed by atoms with van der Waals surface area (Å²) in [6, 6.07) is 8.06. The fraction of sp³-hybridized carbons (Fsp3) is 0.400. The van der Waals surface area contributed by atoms with Gasteiger partial charge in [-0.25, -0.2) is 0 Å². The molecule has 1 aromatic heterocycles. The number of nitrogens with one attached hydrogen (secondary N) is 2. The fourth-order valence-corrected chi connectivity index (χ4v) is 1.89. The third kappa shape index (κ3) is 3.58. The highest BCUT2D eigenvalue weighted by molar-refractivity contribution is 5.28. The zero-order chi connectivity index (χ0) is 13.7. The van der Waals surface area contributed by atoms with E-state index in [0.29, 0.717) is 6.61 Å². The van der Waals surface area contributed by atoms with Crippen molar-refractivity contribution < 1.29 is 4.74 Å². The first-order valence-electron chi connectivity index (χ1n) is 6.63. The van der Waals surface area contributed by atoms with Crippen LogP contribution in [0.3, 0.4) is 0 Å². The first-order chi connectivity index (χ1) is 9.20. The summed E-state index contributed by atoms with van der Waals surface area (Å²) < 4.78 is 5.77. The van der Waals surface area contributed by atoms with E-state index in [-0.39, 0.29) is 0 Å². The van der Waals surface area contributed by atoms with Gasteiger partial charge in [-0.15, -0.1) is 0 Å². The highest BCUT2D eigenvalue weighted by Crippen LogP contribution is 2.16. The molecule has 0 unspecified atom stereocenters. The molecule has 0 radical (unpaired) electrons. The van der Waals surface area contributed by atoms with Crippen LogP contribution in [0.15, 0.2) is 24.3 Å². The molecule has 0 saturated carbocycles. The van der Waals surface area contributed by atoms with Gasteiger partial charge in [0.2, 0.25) is 0 Å². The van der Waals surface area contributed by atoms with Crippen molar-refractivity contribution in [3.05, 3.63) is 46.8 Å². The molecule has 4 heteroatoms. The smallest absolute Gasteiger partial charge is 0.132 e.